The fourth-order valence-electron chi connectivity index (χ4n) is 3.75. The Hall–Kier alpha value is -2.52. The SMILES string of the molecule is Cc1cc(N2CCCCC2)nc(CNS(=O)(=O)c2ccc3c(c2)CCC(=O)N3)n1. The monoisotopic (exact) mass is 415 g/mol. The van der Waals surface area contributed by atoms with E-state index in [1.54, 1.807) is 12.1 Å². The van der Waals surface area contributed by atoms with E-state index in [9.17, 15) is 13.2 Å². The Balaban J connectivity index is 1.49. The molecule has 2 aliphatic rings. The average Bonchev–Trinajstić information content (AvgIpc) is 2.72. The van der Waals surface area contributed by atoms with Gasteiger partial charge in [0.05, 0.1) is 11.4 Å². The van der Waals surface area contributed by atoms with Crippen LogP contribution in [0.4, 0.5) is 11.5 Å². The van der Waals surface area contributed by atoms with Crippen molar-refractivity contribution in [1.29, 1.82) is 0 Å². The minimum Gasteiger partial charge on any atom is -0.357 e. The van der Waals surface area contributed by atoms with Crippen LogP contribution >= 0.6 is 0 Å². The summed E-state index contributed by atoms with van der Waals surface area (Å²) < 4.78 is 28.1. The molecule has 0 atom stereocenters. The molecule has 4 rings (SSSR count). The second kappa shape index (κ2) is 8.08. The van der Waals surface area contributed by atoms with Crippen LogP contribution in [-0.4, -0.2) is 37.4 Å². The molecule has 0 spiro atoms. The predicted molar refractivity (Wildman–Crippen MR) is 110 cm³/mol. The van der Waals surface area contributed by atoms with Crippen LogP contribution in [0.25, 0.3) is 0 Å². The van der Waals surface area contributed by atoms with E-state index in [-0.39, 0.29) is 17.3 Å². The van der Waals surface area contributed by atoms with E-state index in [0.717, 1.165) is 43.0 Å². The molecule has 1 fully saturated rings. The van der Waals surface area contributed by atoms with E-state index in [2.05, 4.69) is 24.9 Å². The van der Waals surface area contributed by atoms with Crippen LogP contribution in [0.1, 0.15) is 42.8 Å². The summed E-state index contributed by atoms with van der Waals surface area (Å²) in [6.07, 6.45) is 4.41. The summed E-state index contributed by atoms with van der Waals surface area (Å²) in [5.74, 6) is 1.27. The highest BCUT2D eigenvalue weighted by molar-refractivity contribution is 7.89. The van der Waals surface area contributed by atoms with Crippen LogP contribution in [0.3, 0.4) is 0 Å². The zero-order chi connectivity index (χ0) is 20.4. The number of anilines is 2. The lowest BCUT2D eigenvalue weighted by Gasteiger charge is -2.28. The van der Waals surface area contributed by atoms with E-state index < -0.39 is 10.0 Å². The third-order valence-electron chi connectivity index (χ3n) is 5.27. The fraction of sp³-hybridized carbons (Fsp3) is 0.450. The number of sulfonamides is 1. The van der Waals surface area contributed by atoms with Crippen molar-refractivity contribution in [2.24, 2.45) is 0 Å². The van der Waals surface area contributed by atoms with Gasteiger partial charge in [0.2, 0.25) is 15.9 Å². The van der Waals surface area contributed by atoms with Crippen molar-refractivity contribution in [3.8, 4) is 0 Å². The lowest BCUT2D eigenvalue weighted by atomic mass is 10.0. The van der Waals surface area contributed by atoms with E-state index >= 15 is 0 Å². The van der Waals surface area contributed by atoms with Crippen molar-refractivity contribution in [3.63, 3.8) is 0 Å². The van der Waals surface area contributed by atoms with Crippen molar-refractivity contribution in [3.05, 3.63) is 41.3 Å². The summed E-state index contributed by atoms with van der Waals surface area (Å²) in [7, 11) is -3.71. The number of aromatic nitrogens is 2. The number of benzene rings is 1. The second-order valence-electron chi connectivity index (χ2n) is 7.52. The van der Waals surface area contributed by atoms with Gasteiger partial charge in [-0.1, -0.05) is 0 Å². The van der Waals surface area contributed by atoms with Crippen molar-refractivity contribution >= 4 is 27.4 Å². The van der Waals surface area contributed by atoms with Crippen LogP contribution in [0.2, 0.25) is 0 Å². The smallest absolute Gasteiger partial charge is 0.240 e. The highest BCUT2D eigenvalue weighted by Crippen LogP contribution is 2.25. The molecule has 1 amide bonds. The van der Waals surface area contributed by atoms with Gasteiger partial charge in [-0.05, 0) is 56.4 Å². The van der Waals surface area contributed by atoms with Crippen molar-refractivity contribution in [2.75, 3.05) is 23.3 Å². The molecule has 8 nitrogen and oxygen atoms in total. The molecule has 29 heavy (non-hydrogen) atoms. The molecule has 1 aromatic heterocycles. The second-order valence-corrected chi connectivity index (χ2v) is 9.29. The van der Waals surface area contributed by atoms with Gasteiger partial charge in [0, 0.05) is 37.0 Å². The van der Waals surface area contributed by atoms with Crippen LogP contribution in [0, 0.1) is 6.92 Å². The van der Waals surface area contributed by atoms with Gasteiger partial charge in [-0.25, -0.2) is 23.1 Å². The number of carbonyl (C=O) groups excluding carboxylic acids is 1. The van der Waals surface area contributed by atoms with Crippen LogP contribution < -0.4 is 14.9 Å². The molecule has 1 aromatic carbocycles. The Kier molecular flexibility index (Phi) is 5.51. The zero-order valence-corrected chi connectivity index (χ0v) is 17.3. The summed E-state index contributed by atoms with van der Waals surface area (Å²) in [4.78, 5) is 22.8. The Morgan fingerprint density at radius 1 is 1.10 bits per heavy atom. The minimum absolute atomic E-state index is 0.0265. The molecular weight excluding hydrogens is 390 g/mol. The number of rotatable bonds is 5. The number of aryl methyl sites for hydroxylation is 2. The number of nitrogens with one attached hydrogen (secondary N) is 2. The first-order valence-corrected chi connectivity index (χ1v) is 11.4. The average molecular weight is 416 g/mol. The summed E-state index contributed by atoms with van der Waals surface area (Å²) >= 11 is 0. The number of amides is 1. The number of fused-ring (bicyclic) bond motifs is 1. The van der Waals surface area contributed by atoms with Gasteiger partial charge in [0.25, 0.3) is 0 Å². The number of carbonyl (C=O) groups is 1. The van der Waals surface area contributed by atoms with Gasteiger partial charge < -0.3 is 10.2 Å². The quantitative estimate of drug-likeness (QED) is 0.775. The highest BCUT2D eigenvalue weighted by atomic mass is 32.2. The fourth-order valence-corrected chi connectivity index (χ4v) is 4.78. The zero-order valence-electron chi connectivity index (χ0n) is 16.4. The number of piperidine rings is 1. The predicted octanol–water partition coefficient (Wildman–Crippen LogP) is 2.14. The van der Waals surface area contributed by atoms with Crippen molar-refractivity contribution in [2.45, 2.75) is 50.5 Å². The topological polar surface area (TPSA) is 104 Å². The third-order valence-corrected chi connectivity index (χ3v) is 6.67. The van der Waals surface area contributed by atoms with Crippen LogP contribution in [0.5, 0.6) is 0 Å². The third kappa shape index (κ3) is 4.56. The molecule has 3 heterocycles. The number of nitrogens with zero attached hydrogens (tertiary/aromatic N) is 3. The molecular formula is C20H25N5O3S. The Labute approximate surface area is 170 Å². The lowest BCUT2D eigenvalue weighted by Crippen LogP contribution is -2.31. The Bertz CT molecular complexity index is 1030. The Morgan fingerprint density at radius 2 is 1.90 bits per heavy atom. The van der Waals surface area contributed by atoms with Crippen LogP contribution in [0.15, 0.2) is 29.2 Å². The lowest BCUT2D eigenvalue weighted by molar-refractivity contribution is -0.116. The molecule has 9 heteroatoms. The first-order valence-electron chi connectivity index (χ1n) is 9.93. The highest BCUT2D eigenvalue weighted by Gasteiger charge is 2.21. The van der Waals surface area contributed by atoms with Crippen molar-refractivity contribution < 1.29 is 13.2 Å². The largest absolute Gasteiger partial charge is 0.357 e. The Morgan fingerprint density at radius 3 is 2.69 bits per heavy atom. The number of hydrogen-bond donors (Lipinski definition) is 2. The molecule has 0 aliphatic carbocycles. The summed E-state index contributed by atoms with van der Waals surface area (Å²) in [5.41, 5.74) is 2.32. The van der Waals surface area contributed by atoms with E-state index in [1.807, 2.05) is 13.0 Å². The van der Waals surface area contributed by atoms with Gasteiger partial charge in [-0.2, -0.15) is 0 Å². The summed E-state index contributed by atoms with van der Waals surface area (Å²) in [6.45, 7) is 3.85. The molecule has 154 valence electrons. The maximum Gasteiger partial charge on any atom is 0.240 e. The molecule has 2 aromatic rings. The number of hydrogen-bond acceptors (Lipinski definition) is 6. The van der Waals surface area contributed by atoms with Gasteiger partial charge in [-0.15, -0.1) is 0 Å². The van der Waals surface area contributed by atoms with Crippen LogP contribution in [-0.2, 0) is 27.8 Å². The molecule has 1 saturated heterocycles. The van der Waals surface area contributed by atoms with Gasteiger partial charge in [0.15, 0.2) is 0 Å². The maximum absolute atomic E-state index is 12.8. The van der Waals surface area contributed by atoms with E-state index in [1.165, 1.54) is 12.5 Å². The minimum atomic E-state index is -3.71. The summed E-state index contributed by atoms with van der Waals surface area (Å²) in [6, 6.07) is 6.70. The molecule has 2 aliphatic heterocycles. The van der Waals surface area contributed by atoms with Crippen molar-refractivity contribution in [1.82, 2.24) is 14.7 Å². The molecule has 2 N–H and O–H groups in total. The van der Waals surface area contributed by atoms with E-state index in [4.69, 9.17) is 0 Å². The van der Waals surface area contributed by atoms with Gasteiger partial charge in [0.1, 0.15) is 11.6 Å². The first kappa shape index (κ1) is 19.8. The normalized spacial score (nSPS) is 17.0. The van der Waals surface area contributed by atoms with Gasteiger partial charge in [-0.3, -0.25) is 4.79 Å². The molecule has 0 saturated carbocycles. The molecule has 0 radical (unpaired) electrons. The first-order chi connectivity index (χ1) is 13.9. The van der Waals surface area contributed by atoms with E-state index in [0.29, 0.717) is 24.4 Å². The summed E-state index contributed by atoms with van der Waals surface area (Å²) in [5, 5.41) is 2.76. The van der Waals surface area contributed by atoms with Gasteiger partial charge >= 0.3 is 0 Å². The molecule has 0 bridgehead atoms. The standard InChI is InChI=1S/C20H25N5O3S/c1-14-11-19(25-9-3-2-4-10-25)24-18(22-14)13-21-29(27,28)16-6-7-17-15(12-16)5-8-20(26)23-17/h6-7,11-12,21H,2-5,8-10,13H2,1H3,(H,23,26). The molecule has 0 unspecified atom stereocenters. The maximum atomic E-state index is 12.8.